The van der Waals surface area contributed by atoms with Crippen LogP contribution in [0.1, 0.15) is 21.5 Å². The van der Waals surface area contributed by atoms with Gasteiger partial charge in [0, 0.05) is 24.0 Å². The van der Waals surface area contributed by atoms with E-state index in [0.717, 1.165) is 43.0 Å². The van der Waals surface area contributed by atoms with E-state index in [4.69, 9.17) is 4.74 Å². The second-order valence-electron chi connectivity index (χ2n) is 7.03. The molecule has 1 heterocycles. The largest absolute Gasteiger partial charge is 0.380 e. The monoisotopic (exact) mass is 354 g/mol. The molecule has 0 saturated carbocycles. The molecule has 2 N–H and O–H groups in total. The molecule has 1 saturated heterocycles. The van der Waals surface area contributed by atoms with Crippen molar-refractivity contribution in [2.24, 2.45) is 0 Å². The van der Waals surface area contributed by atoms with Crippen molar-refractivity contribution in [3.63, 3.8) is 0 Å². The first kappa shape index (κ1) is 18.4. The van der Waals surface area contributed by atoms with Gasteiger partial charge in [-0.1, -0.05) is 12.1 Å². The van der Waals surface area contributed by atoms with Crippen molar-refractivity contribution in [3.8, 4) is 0 Å². The lowest BCUT2D eigenvalue weighted by Crippen LogP contribution is -3.12. The van der Waals surface area contributed by atoms with Crippen molar-refractivity contribution in [1.82, 2.24) is 0 Å². The van der Waals surface area contributed by atoms with Crippen LogP contribution < -0.4 is 15.1 Å². The quantitative estimate of drug-likeness (QED) is 0.860. The molecule has 0 aromatic heterocycles. The first-order valence-electron chi connectivity index (χ1n) is 9.13. The van der Waals surface area contributed by atoms with Gasteiger partial charge < -0.3 is 19.9 Å². The number of ether oxygens (including phenoxy) is 1. The number of benzene rings is 2. The van der Waals surface area contributed by atoms with E-state index in [0.29, 0.717) is 12.2 Å². The molecule has 0 radical (unpaired) electrons. The SMILES string of the molecule is COCc1ccc(C(=O)Nc2ccc(N3CC[NH+](C)CC3)cc2C)cc1. The number of carbonyl (C=O) groups excluding carboxylic acids is 1. The third-order valence-corrected chi connectivity index (χ3v) is 4.97. The molecule has 138 valence electrons. The number of amides is 1. The minimum Gasteiger partial charge on any atom is -0.380 e. The number of aryl methyl sites for hydroxylation is 1. The van der Waals surface area contributed by atoms with E-state index in [2.05, 4.69) is 29.4 Å². The van der Waals surface area contributed by atoms with E-state index in [-0.39, 0.29) is 5.91 Å². The number of methoxy groups -OCH3 is 1. The van der Waals surface area contributed by atoms with E-state index in [1.807, 2.05) is 37.3 Å². The van der Waals surface area contributed by atoms with Gasteiger partial charge in [-0.25, -0.2) is 0 Å². The molecule has 0 bridgehead atoms. The summed E-state index contributed by atoms with van der Waals surface area (Å²) in [5.74, 6) is -0.0898. The van der Waals surface area contributed by atoms with Gasteiger partial charge in [0.25, 0.3) is 5.91 Å². The number of quaternary nitrogens is 1. The number of hydrogen-bond donors (Lipinski definition) is 2. The fourth-order valence-corrected chi connectivity index (χ4v) is 3.24. The molecule has 0 aliphatic carbocycles. The zero-order valence-electron chi connectivity index (χ0n) is 15.8. The number of rotatable bonds is 5. The number of nitrogens with zero attached hydrogens (tertiary/aromatic N) is 1. The number of anilines is 2. The summed E-state index contributed by atoms with van der Waals surface area (Å²) in [6.07, 6.45) is 0. The van der Waals surface area contributed by atoms with Crippen LogP contribution >= 0.6 is 0 Å². The zero-order valence-corrected chi connectivity index (χ0v) is 15.8. The second-order valence-corrected chi connectivity index (χ2v) is 7.03. The summed E-state index contributed by atoms with van der Waals surface area (Å²) in [5.41, 5.74) is 4.88. The summed E-state index contributed by atoms with van der Waals surface area (Å²) in [5, 5.41) is 3.02. The van der Waals surface area contributed by atoms with Crippen LogP contribution in [0, 0.1) is 6.92 Å². The molecule has 5 heteroatoms. The highest BCUT2D eigenvalue weighted by atomic mass is 16.5. The highest BCUT2D eigenvalue weighted by Crippen LogP contribution is 2.23. The van der Waals surface area contributed by atoms with Crippen molar-refractivity contribution in [1.29, 1.82) is 0 Å². The average molecular weight is 354 g/mol. The Kier molecular flexibility index (Phi) is 5.91. The predicted molar refractivity (Wildman–Crippen MR) is 105 cm³/mol. The van der Waals surface area contributed by atoms with Gasteiger partial charge in [0.2, 0.25) is 0 Å². The maximum Gasteiger partial charge on any atom is 0.255 e. The molecule has 1 aliphatic heterocycles. The number of piperazine rings is 1. The van der Waals surface area contributed by atoms with Gasteiger partial charge >= 0.3 is 0 Å². The molecule has 1 amide bonds. The maximum atomic E-state index is 12.5. The third kappa shape index (κ3) is 4.42. The van der Waals surface area contributed by atoms with Gasteiger partial charge in [0.15, 0.2) is 0 Å². The molecular formula is C21H28N3O2+. The fourth-order valence-electron chi connectivity index (χ4n) is 3.24. The summed E-state index contributed by atoms with van der Waals surface area (Å²) in [6, 6.07) is 13.8. The van der Waals surface area contributed by atoms with Gasteiger partial charge in [-0.05, 0) is 48.4 Å². The molecule has 2 aromatic carbocycles. The van der Waals surface area contributed by atoms with E-state index < -0.39 is 0 Å². The number of carbonyl (C=O) groups is 1. The molecule has 3 rings (SSSR count). The Balaban J connectivity index is 1.66. The lowest BCUT2D eigenvalue weighted by molar-refractivity contribution is -0.880. The Morgan fingerprint density at radius 2 is 1.85 bits per heavy atom. The van der Waals surface area contributed by atoms with Crippen LogP contribution in [0.25, 0.3) is 0 Å². The molecule has 0 unspecified atom stereocenters. The van der Waals surface area contributed by atoms with Gasteiger partial charge in [0.1, 0.15) is 0 Å². The first-order chi connectivity index (χ1) is 12.6. The van der Waals surface area contributed by atoms with Gasteiger partial charge in [-0.2, -0.15) is 0 Å². The van der Waals surface area contributed by atoms with Crippen molar-refractivity contribution < 1.29 is 14.4 Å². The molecule has 1 fully saturated rings. The number of hydrogen-bond acceptors (Lipinski definition) is 3. The predicted octanol–water partition coefficient (Wildman–Crippen LogP) is 1.73. The second kappa shape index (κ2) is 8.34. The van der Waals surface area contributed by atoms with Crippen molar-refractivity contribution >= 4 is 17.3 Å². The summed E-state index contributed by atoms with van der Waals surface area (Å²) in [6.45, 7) is 7.07. The standard InChI is InChI=1S/C21H27N3O2/c1-16-14-19(24-12-10-23(2)11-13-24)8-9-20(16)22-21(25)18-6-4-17(5-7-18)15-26-3/h4-9,14H,10-13,15H2,1-3H3,(H,22,25)/p+1. The summed E-state index contributed by atoms with van der Waals surface area (Å²) >= 11 is 0. The third-order valence-electron chi connectivity index (χ3n) is 4.97. The Labute approximate surface area is 155 Å². The van der Waals surface area contributed by atoms with Gasteiger partial charge in [0.05, 0.1) is 39.8 Å². The Hall–Kier alpha value is -2.37. The molecule has 1 aliphatic rings. The van der Waals surface area contributed by atoms with Crippen molar-refractivity contribution in [2.75, 3.05) is 50.6 Å². The summed E-state index contributed by atoms with van der Waals surface area (Å²) in [4.78, 5) is 16.5. The van der Waals surface area contributed by atoms with Crippen LogP contribution in [-0.2, 0) is 11.3 Å². The highest BCUT2D eigenvalue weighted by molar-refractivity contribution is 6.04. The van der Waals surface area contributed by atoms with Crippen molar-refractivity contribution in [3.05, 3.63) is 59.2 Å². The van der Waals surface area contributed by atoms with E-state index in [9.17, 15) is 4.79 Å². The smallest absolute Gasteiger partial charge is 0.255 e. The minimum atomic E-state index is -0.0898. The van der Waals surface area contributed by atoms with Crippen LogP contribution in [0.5, 0.6) is 0 Å². The Morgan fingerprint density at radius 1 is 1.15 bits per heavy atom. The molecule has 0 atom stereocenters. The first-order valence-corrected chi connectivity index (χ1v) is 9.13. The Morgan fingerprint density at radius 3 is 2.46 bits per heavy atom. The van der Waals surface area contributed by atoms with Crippen LogP contribution in [0.4, 0.5) is 11.4 Å². The molecular weight excluding hydrogens is 326 g/mol. The highest BCUT2D eigenvalue weighted by Gasteiger charge is 2.17. The van der Waals surface area contributed by atoms with Crippen LogP contribution in [-0.4, -0.2) is 46.2 Å². The fraction of sp³-hybridized carbons (Fsp3) is 0.381. The minimum absolute atomic E-state index is 0.0898. The van der Waals surface area contributed by atoms with Crippen LogP contribution in [0.15, 0.2) is 42.5 Å². The topological polar surface area (TPSA) is 46.0 Å². The molecule has 5 nitrogen and oxygen atoms in total. The van der Waals surface area contributed by atoms with Crippen LogP contribution in [0.2, 0.25) is 0 Å². The van der Waals surface area contributed by atoms with E-state index in [1.54, 1.807) is 12.0 Å². The Bertz CT molecular complexity index is 750. The van der Waals surface area contributed by atoms with E-state index >= 15 is 0 Å². The van der Waals surface area contributed by atoms with Gasteiger partial charge in [-0.3, -0.25) is 4.79 Å². The average Bonchev–Trinajstić information content (AvgIpc) is 2.65. The zero-order chi connectivity index (χ0) is 18.5. The normalized spacial score (nSPS) is 15.1. The van der Waals surface area contributed by atoms with E-state index in [1.165, 1.54) is 5.69 Å². The van der Waals surface area contributed by atoms with Crippen molar-refractivity contribution in [2.45, 2.75) is 13.5 Å². The molecule has 2 aromatic rings. The summed E-state index contributed by atoms with van der Waals surface area (Å²) in [7, 11) is 3.90. The molecule has 0 spiro atoms. The lowest BCUT2D eigenvalue weighted by atomic mass is 10.1. The molecule has 26 heavy (non-hydrogen) atoms. The number of likely N-dealkylation sites (N-methyl/N-ethyl adjacent to an activating group) is 1. The summed E-state index contributed by atoms with van der Waals surface area (Å²) < 4.78 is 5.10. The van der Waals surface area contributed by atoms with Crippen LogP contribution in [0.3, 0.4) is 0 Å². The maximum absolute atomic E-state index is 12.5. The lowest BCUT2D eigenvalue weighted by Gasteiger charge is -2.32. The van der Waals surface area contributed by atoms with Gasteiger partial charge in [-0.15, -0.1) is 0 Å². The number of nitrogens with one attached hydrogen (secondary N) is 2.